The SMILES string of the molecule is CCCOCCC(=O)N(CC(N)=O)C1CCNC1. The standard InChI is InChI=1S/C12H23N3O3/c1-2-6-18-7-4-12(17)15(9-11(13)16)10-3-5-14-8-10/h10,14H,2-9H2,1H3,(H2,13,16). The molecule has 0 spiro atoms. The van der Waals surface area contributed by atoms with Gasteiger partial charge in [0.1, 0.15) is 0 Å². The number of nitrogens with zero attached hydrogens (tertiary/aromatic N) is 1. The summed E-state index contributed by atoms with van der Waals surface area (Å²) in [6, 6.07) is 0.0798. The zero-order valence-corrected chi connectivity index (χ0v) is 11.0. The van der Waals surface area contributed by atoms with Crippen LogP contribution in [0.2, 0.25) is 0 Å². The van der Waals surface area contributed by atoms with Crippen LogP contribution in [0.4, 0.5) is 0 Å². The molecule has 0 aromatic rings. The zero-order chi connectivity index (χ0) is 13.4. The first-order chi connectivity index (χ1) is 8.65. The van der Waals surface area contributed by atoms with E-state index < -0.39 is 5.91 Å². The number of primary amides is 1. The van der Waals surface area contributed by atoms with Gasteiger partial charge in [-0.05, 0) is 19.4 Å². The molecule has 0 radical (unpaired) electrons. The number of rotatable bonds is 8. The van der Waals surface area contributed by atoms with Crippen LogP contribution in [-0.2, 0) is 14.3 Å². The minimum atomic E-state index is -0.468. The van der Waals surface area contributed by atoms with E-state index in [1.54, 1.807) is 4.90 Å². The maximum Gasteiger partial charge on any atom is 0.237 e. The van der Waals surface area contributed by atoms with Gasteiger partial charge < -0.3 is 20.7 Å². The third kappa shape index (κ3) is 5.01. The van der Waals surface area contributed by atoms with Gasteiger partial charge in [0.2, 0.25) is 11.8 Å². The largest absolute Gasteiger partial charge is 0.381 e. The Labute approximate surface area is 108 Å². The Morgan fingerprint density at radius 1 is 1.44 bits per heavy atom. The molecule has 1 unspecified atom stereocenters. The molecule has 0 aromatic heterocycles. The lowest BCUT2D eigenvalue weighted by molar-refractivity contribution is -0.138. The molecule has 2 amide bonds. The Morgan fingerprint density at radius 3 is 2.78 bits per heavy atom. The molecule has 6 nitrogen and oxygen atoms in total. The molecule has 1 rings (SSSR count). The van der Waals surface area contributed by atoms with Crippen molar-refractivity contribution in [2.24, 2.45) is 5.73 Å². The molecule has 18 heavy (non-hydrogen) atoms. The van der Waals surface area contributed by atoms with E-state index in [-0.39, 0.29) is 18.5 Å². The number of ether oxygens (including phenoxy) is 1. The van der Waals surface area contributed by atoms with Gasteiger partial charge >= 0.3 is 0 Å². The maximum absolute atomic E-state index is 12.0. The molecule has 1 aliphatic heterocycles. The second-order valence-electron chi connectivity index (χ2n) is 4.50. The van der Waals surface area contributed by atoms with Gasteiger partial charge in [-0.15, -0.1) is 0 Å². The first-order valence-electron chi connectivity index (χ1n) is 6.51. The highest BCUT2D eigenvalue weighted by Crippen LogP contribution is 2.10. The molecule has 1 fully saturated rings. The fourth-order valence-corrected chi connectivity index (χ4v) is 2.04. The zero-order valence-electron chi connectivity index (χ0n) is 11.0. The lowest BCUT2D eigenvalue weighted by Gasteiger charge is -2.27. The highest BCUT2D eigenvalue weighted by Gasteiger charge is 2.27. The van der Waals surface area contributed by atoms with E-state index in [1.165, 1.54) is 0 Å². The first-order valence-corrected chi connectivity index (χ1v) is 6.51. The van der Waals surface area contributed by atoms with E-state index >= 15 is 0 Å². The third-order valence-corrected chi connectivity index (χ3v) is 2.93. The predicted molar refractivity (Wildman–Crippen MR) is 67.9 cm³/mol. The lowest BCUT2D eigenvalue weighted by Crippen LogP contribution is -2.46. The van der Waals surface area contributed by atoms with Crippen LogP contribution in [0.3, 0.4) is 0 Å². The molecule has 104 valence electrons. The molecule has 1 atom stereocenters. The first kappa shape index (κ1) is 14.9. The summed E-state index contributed by atoms with van der Waals surface area (Å²) < 4.78 is 5.29. The van der Waals surface area contributed by atoms with Gasteiger partial charge in [-0.3, -0.25) is 9.59 Å². The predicted octanol–water partition coefficient (Wildman–Crippen LogP) is -0.521. The van der Waals surface area contributed by atoms with E-state index in [4.69, 9.17) is 10.5 Å². The quantitative estimate of drug-likeness (QED) is 0.573. The van der Waals surface area contributed by atoms with Gasteiger partial charge in [0.25, 0.3) is 0 Å². The van der Waals surface area contributed by atoms with Crippen molar-refractivity contribution in [3.63, 3.8) is 0 Å². The lowest BCUT2D eigenvalue weighted by atomic mass is 10.2. The number of carbonyl (C=O) groups excluding carboxylic acids is 2. The van der Waals surface area contributed by atoms with Crippen molar-refractivity contribution in [3.05, 3.63) is 0 Å². The Kier molecular flexibility index (Phi) is 6.67. The summed E-state index contributed by atoms with van der Waals surface area (Å²) in [5, 5.41) is 3.18. The normalized spacial score (nSPS) is 18.8. The van der Waals surface area contributed by atoms with Crippen LogP contribution in [0.15, 0.2) is 0 Å². The minimum absolute atomic E-state index is 0.00103. The summed E-state index contributed by atoms with van der Waals surface area (Å²) in [5.74, 6) is -0.525. The van der Waals surface area contributed by atoms with Crippen LogP contribution < -0.4 is 11.1 Å². The summed E-state index contributed by atoms with van der Waals surface area (Å²) >= 11 is 0. The Balaban J connectivity index is 2.42. The summed E-state index contributed by atoms with van der Waals surface area (Å²) in [7, 11) is 0. The van der Waals surface area contributed by atoms with Gasteiger partial charge in [-0.2, -0.15) is 0 Å². The highest BCUT2D eigenvalue weighted by molar-refractivity contribution is 5.84. The molecule has 6 heteroatoms. The van der Waals surface area contributed by atoms with E-state index in [1.807, 2.05) is 6.92 Å². The van der Waals surface area contributed by atoms with Crippen LogP contribution in [0.5, 0.6) is 0 Å². The van der Waals surface area contributed by atoms with Crippen molar-refractivity contribution < 1.29 is 14.3 Å². The summed E-state index contributed by atoms with van der Waals surface area (Å²) in [6.07, 6.45) is 2.12. The number of nitrogens with one attached hydrogen (secondary N) is 1. The summed E-state index contributed by atoms with van der Waals surface area (Å²) in [5.41, 5.74) is 5.19. The Morgan fingerprint density at radius 2 is 2.22 bits per heavy atom. The van der Waals surface area contributed by atoms with Gasteiger partial charge in [0.05, 0.1) is 19.6 Å². The number of hydrogen-bond donors (Lipinski definition) is 2. The molecule has 0 bridgehead atoms. The number of nitrogens with two attached hydrogens (primary N) is 1. The van der Waals surface area contributed by atoms with Crippen LogP contribution in [0.1, 0.15) is 26.2 Å². The molecule has 1 saturated heterocycles. The van der Waals surface area contributed by atoms with Crippen LogP contribution in [-0.4, -0.2) is 55.6 Å². The van der Waals surface area contributed by atoms with Gasteiger partial charge in [-0.25, -0.2) is 0 Å². The van der Waals surface area contributed by atoms with E-state index in [0.29, 0.717) is 19.6 Å². The molecular weight excluding hydrogens is 234 g/mol. The van der Waals surface area contributed by atoms with Gasteiger partial charge in [-0.1, -0.05) is 6.92 Å². The van der Waals surface area contributed by atoms with Crippen LogP contribution in [0.25, 0.3) is 0 Å². The van der Waals surface area contributed by atoms with Crippen molar-refractivity contribution in [1.82, 2.24) is 10.2 Å². The third-order valence-electron chi connectivity index (χ3n) is 2.93. The summed E-state index contributed by atoms with van der Waals surface area (Å²) in [4.78, 5) is 24.6. The Hall–Kier alpha value is -1.14. The fourth-order valence-electron chi connectivity index (χ4n) is 2.04. The van der Waals surface area contributed by atoms with Crippen molar-refractivity contribution in [1.29, 1.82) is 0 Å². The van der Waals surface area contributed by atoms with Crippen molar-refractivity contribution in [2.45, 2.75) is 32.2 Å². The van der Waals surface area contributed by atoms with Crippen molar-refractivity contribution in [3.8, 4) is 0 Å². The minimum Gasteiger partial charge on any atom is -0.381 e. The average Bonchev–Trinajstić information content (AvgIpc) is 2.84. The van der Waals surface area contributed by atoms with Gasteiger partial charge in [0.15, 0.2) is 0 Å². The molecule has 0 aromatic carbocycles. The molecule has 0 aliphatic carbocycles. The molecular formula is C12H23N3O3. The van der Waals surface area contributed by atoms with E-state index in [0.717, 1.165) is 25.9 Å². The molecule has 0 saturated carbocycles. The number of carbonyl (C=O) groups is 2. The van der Waals surface area contributed by atoms with Crippen LogP contribution in [0, 0.1) is 0 Å². The van der Waals surface area contributed by atoms with Crippen molar-refractivity contribution in [2.75, 3.05) is 32.8 Å². The van der Waals surface area contributed by atoms with Crippen molar-refractivity contribution >= 4 is 11.8 Å². The molecule has 3 N–H and O–H groups in total. The topological polar surface area (TPSA) is 84.7 Å². The summed E-state index contributed by atoms with van der Waals surface area (Å²) in [6.45, 7) is 4.69. The second-order valence-corrected chi connectivity index (χ2v) is 4.50. The van der Waals surface area contributed by atoms with Crippen LogP contribution >= 0.6 is 0 Å². The van der Waals surface area contributed by atoms with E-state index in [2.05, 4.69) is 5.32 Å². The maximum atomic E-state index is 12.0. The molecule has 1 aliphatic rings. The molecule has 1 heterocycles. The monoisotopic (exact) mass is 257 g/mol. The van der Waals surface area contributed by atoms with Gasteiger partial charge in [0, 0.05) is 19.2 Å². The second kappa shape index (κ2) is 8.05. The number of amides is 2. The van der Waals surface area contributed by atoms with E-state index in [9.17, 15) is 9.59 Å². The Bertz CT molecular complexity index is 278. The average molecular weight is 257 g/mol. The highest BCUT2D eigenvalue weighted by atomic mass is 16.5. The number of hydrogen-bond acceptors (Lipinski definition) is 4. The smallest absolute Gasteiger partial charge is 0.237 e. The fraction of sp³-hybridized carbons (Fsp3) is 0.833.